The molecule has 144 valence electrons. The molecule has 1 aromatic carbocycles. The largest absolute Gasteiger partial charge is 0.497 e. The molecule has 0 spiro atoms. The molecule has 0 atom stereocenters. The molecule has 1 amide bonds. The van der Waals surface area contributed by atoms with E-state index >= 15 is 0 Å². The second-order valence-corrected chi connectivity index (χ2v) is 6.69. The van der Waals surface area contributed by atoms with Gasteiger partial charge in [0, 0.05) is 17.8 Å². The van der Waals surface area contributed by atoms with Gasteiger partial charge in [-0.1, -0.05) is 19.3 Å². The SMILES string of the molecule is COc1ccc(OCCNC(=O)c2ccnc(NC3CCCCC3)c2)cc1. The third-order valence-corrected chi connectivity index (χ3v) is 4.70. The van der Waals surface area contributed by atoms with Gasteiger partial charge in [-0.3, -0.25) is 4.79 Å². The lowest BCUT2D eigenvalue weighted by atomic mass is 9.95. The first kappa shape index (κ1) is 19.0. The van der Waals surface area contributed by atoms with Crippen LogP contribution in [-0.4, -0.2) is 37.2 Å². The lowest BCUT2D eigenvalue weighted by molar-refractivity contribution is 0.0947. The van der Waals surface area contributed by atoms with Gasteiger partial charge >= 0.3 is 0 Å². The van der Waals surface area contributed by atoms with Gasteiger partial charge in [0.2, 0.25) is 0 Å². The van der Waals surface area contributed by atoms with Crippen molar-refractivity contribution in [3.05, 3.63) is 48.2 Å². The number of rotatable bonds is 8. The number of methoxy groups -OCH3 is 1. The van der Waals surface area contributed by atoms with E-state index in [-0.39, 0.29) is 5.91 Å². The van der Waals surface area contributed by atoms with Crippen molar-refractivity contribution >= 4 is 11.7 Å². The van der Waals surface area contributed by atoms with E-state index in [1.807, 2.05) is 30.3 Å². The van der Waals surface area contributed by atoms with Crippen molar-refractivity contribution in [2.75, 3.05) is 25.6 Å². The van der Waals surface area contributed by atoms with Gasteiger partial charge in [0.05, 0.1) is 13.7 Å². The molecule has 1 saturated carbocycles. The van der Waals surface area contributed by atoms with Gasteiger partial charge in [0.15, 0.2) is 0 Å². The van der Waals surface area contributed by atoms with Crippen molar-refractivity contribution in [3.8, 4) is 11.5 Å². The Morgan fingerprint density at radius 1 is 1.11 bits per heavy atom. The van der Waals surface area contributed by atoms with Gasteiger partial charge in [0.1, 0.15) is 23.9 Å². The van der Waals surface area contributed by atoms with Crippen molar-refractivity contribution in [2.24, 2.45) is 0 Å². The Balaban J connectivity index is 1.43. The van der Waals surface area contributed by atoms with Crippen LogP contribution < -0.4 is 20.1 Å². The molecule has 0 bridgehead atoms. The second kappa shape index (κ2) is 9.80. The van der Waals surface area contributed by atoms with Gasteiger partial charge in [-0.05, 0) is 49.2 Å². The third kappa shape index (κ3) is 5.88. The van der Waals surface area contributed by atoms with E-state index in [1.54, 1.807) is 19.4 Å². The van der Waals surface area contributed by atoms with E-state index in [0.29, 0.717) is 24.8 Å². The molecule has 0 saturated heterocycles. The number of anilines is 1. The zero-order chi connectivity index (χ0) is 18.9. The van der Waals surface area contributed by atoms with E-state index in [1.165, 1.54) is 32.1 Å². The number of amides is 1. The summed E-state index contributed by atoms with van der Waals surface area (Å²) in [5.41, 5.74) is 0.604. The van der Waals surface area contributed by atoms with Gasteiger partial charge in [0.25, 0.3) is 5.91 Å². The summed E-state index contributed by atoms with van der Waals surface area (Å²) in [4.78, 5) is 16.7. The highest BCUT2D eigenvalue weighted by Crippen LogP contribution is 2.21. The monoisotopic (exact) mass is 369 g/mol. The average Bonchev–Trinajstić information content (AvgIpc) is 2.72. The Hall–Kier alpha value is -2.76. The molecular formula is C21H27N3O3. The van der Waals surface area contributed by atoms with E-state index in [4.69, 9.17) is 9.47 Å². The van der Waals surface area contributed by atoms with Crippen molar-refractivity contribution in [2.45, 2.75) is 38.1 Å². The van der Waals surface area contributed by atoms with Crippen LogP contribution in [0.25, 0.3) is 0 Å². The molecule has 1 heterocycles. The second-order valence-electron chi connectivity index (χ2n) is 6.69. The summed E-state index contributed by atoms with van der Waals surface area (Å²) in [5, 5.41) is 6.33. The van der Waals surface area contributed by atoms with Gasteiger partial charge in [-0.2, -0.15) is 0 Å². The van der Waals surface area contributed by atoms with Gasteiger partial charge < -0.3 is 20.1 Å². The predicted molar refractivity (Wildman–Crippen MR) is 106 cm³/mol. The molecule has 0 radical (unpaired) electrons. The molecule has 2 aromatic rings. The molecule has 6 heteroatoms. The van der Waals surface area contributed by atoms with E-state index in [0.717, 1.165) is 17.3 Å². The van der Waals surface area contributed by atoms with Crippen LogP contribution in [0.3, 0.4) is 0 Å². The smallest absolute Gasteiger partial charge is 0.251 e. The van der Waals surface area contributed by atoms with E-state index in [2.05, 4.69) is 15.6 Å². The average molecular weight is 369 g/mol. The van der Waals surface area contributed by atoms with Crippen LogP contribution in [0.1, 0.15) is 42.5 Å². The highest BCUT2D eigenvalue weighted by atomic mass is 16.5. The van der Waals surface area contributed by atoms with Crippen LogP contribution in [0.4, 0.5) is 5.82 Å². The topological polar surface area (TPSA) is 72.5 Å². The minimum absolute atomic E-state index is 0.123. The molecule has 1 aliphatic carbocycles. The Labute approximate surface area is 160 Å². The number of nitrogens with zero attached hydrogens (tertiary/aromatic N) is 1. The first-order chi connectivity index (χ1) is 13.2. The quantitative estimate of drug-likeness (QED) is 0.695. The van der Waals surface area contributed by atoms with Crippen LogP contribution in [0.15, 0.2) is 42.6 Å². The fourth-order valence-electron chi connectivity index (χ4n) is 3.21. The summed E-state index contributed by atoms with van der Waals surface area (Å²) >= 11 is 0. The molecule has 6 nitrogen and oxygen atoms in total. The van der Waals surface area contributed by atoms with Crippen molar-refractivity contribution in [1.82, 2.24) is 10.3 Å². The molecule has 3 rings (SSSR count). The normalized spacial score (nSPS) is 14.4. The number of benzene rings is 1. The van der Waals surface area contributed by atoms with Crippen molar-refractivity contribution in [3.63, 3.8) is 0 Å². The van der Waals surface area contributed by atoms with Crippen LogP contribution >= 0.6 is 0 Å². The summed E-state index contributed by atoms with van der Waals surface area (Å²) in [6, 6.07) is 11.4. The lowest BCUT2D eigenvalue weighted by Gasteiger charge is -2.23. The molecule has 0 unspecified atom stereocenters. The Morgan fingerprint density at radius 3 is 2.59 bits per heavy atom. The summed E-state index contributed by atoms with van der Waals surface area (Å²) < 4.78 is 10.7. The molecule has 2 N–H and O–H groups in total. The molecule has 0 aliphatic heterocycles. The standard InChI is InChI=1S/C21H27N3O3/c1-26-18-7-9-19(10-8-18)27-14-13-23-21(25)16-11-12-22-20(15-16)24-17-5-3-2-4-6-17/h7-12,15,17H,2-6,13-14H2,1H3,(H,22,24)(H,23,25). The van der Waals surface area contributed by atoms with Crippen LogP contribution in [-0.2, 0) is 0 Å². The number of pyridine rings is 1. The number of hydrogen-bond acceptors (Lipinski definition) is 5. The van der Waals surface area contributed by atoms with Crippen LogP contribution in [0, 0.1) is 0 Å². The van der Waals surface area contributed by atoms with E-state index in [9.17, 15) is 4.79 Å². The number of hydrogen-bond donors (Lipinski definition) is 2. The number of aromatic nitrogens is 1. The Bertz CT molecular complexity index is 728. The highest BCUT2D eigenvalue weighted by Gasteiger charge is 2.14. The van der Waals surface area contributed by atoms with Crippen LogP contribution in [0.2, 0.25) is 0 Å². The fraction of sp³-hybridized carbons (Fsp3) is 0.429. The lowest BCUT2D eigenvalue weighted by Crippen LogP contribution is -2.28. The number of carbonyl (C=O) groups excluding carboxylic acids is 1. The molecule has 1 aromatic heterocycles. The predicted octanol–water partition coefficient (Wildman–Crippen LogP) is 3.64. The first-order valence-electron chi connectivity index (χ1n) is 9.52. The maximum absolute atomic E-state index is 12.3. The summed E-state index contributed by atoms with van der Waals surface area (Å²) in [6.07, 6.45) is 7.83. The Morgan fingerprint density at radius 2 is 1.85 bits per heavy atom. The highest BCUT2D eigenvalue weighted by molar-refractivity contribution is 5.94. The molecular weight excluding hydrogens is 342 g/mol. The van der Waals surface area contributed by atoms with Crippen molar-refractivity contribution in [1.29, 1.82) is 0 Å². The van der Waals surface area contributed by atoms with Crippen LogP contribution in [0.5, 0.6) is 11.5 Å². The van der Waals surface area contributed by atoms with Crippen molar-refractivity contribution < 1.29 is 14.3 Å². The first-order valence-corrected chi connectivity index (χ1v) is 9.52. The minimum atomic E-state index is -0.123. The van der Waals surface area contributed by atoms with Gasteiger partial charge in [-0.25, -0.2) is 4.98 Å². The summed E-state index contributed by atoms with van der Waals surface area (Å²) in [7, 11) is 1.63. The third-order valence-electron chi connectivity index (χ3n) is 4.70. The zero-order valence-electron chi connectivity index (χ0n) is 15.7. The summed E-state index contributed by atoms with van der Waals surface area (Å²) in [5.74, 6) is 2.17. The minimum Gasteiger partial charge on any atom is -0.497 e. The molecule has 1 aliphatic rings. The Kier molecular flexibility index (Phi) is 6.90. The fourth-order valence-corrected chi connectivity index (χ4v) is 3.21. The molecule has 27 heavy (non-hydrogen) atoms. The number of nitrogens with one attached hydrogen (secondary N) is 2. The maximum Gasteiger partial charge on any atom is 0.251 e. The number of carbonyl (C=O) groups is 1. The van der Waals surface area contributed by atoms with E-state index < -0.39 is 0 Å². The summed E-state index contributed by atoms with van der Waals surface area (Å²) in [6.45, 7) is 0.828. The maximum atomic E-state index is 12.3. The number of ether oxygens (including phenoxy) is 2. The zero-order valence-corrected chi connectivity index (χ0v) is 15.7. The van der Waals surface area contributed by atoms with Gasteiger partial charge in [-0.15, -0.1) is 0 Å². The molecule has 1 fully saturated rings.